The first-order valence-electron chi connectivity index (χ1n) is 6.06. The van der Waals surface area contributed by atoms with Gasteiger partial charge in [-0.3, -0.25) is 4.79 Å². The lowest BCUT2D eigenvalue weighted by molar-refractivity contribution is -0.116. The summed E-state index contributed by atoms with van der Waals surface area (Å²) in [5, 5.41) is 11.8. The van der Waals surface area contributed by atoms with Gasteiger partial charge in [0.05, 0.1) is 5.56 Å². The van der Waals surface area contributed by atoms with Crippen LogP contribution in [0.4, 0.5) is 5.69 Å². The summed E-state index contributed by atoms with van der Waals surface area (Å²) in [6.45, 7) is 0.623. The van der Waals surface area contributed by atoms with Crippen LogP contribution in [0.1, 0.15) is 36.0 Å². The number of carbonyl (C=O) groups excluding carboxylic acids is 1. The van der Waals surface area contributed by atoms with Crippen molar-refractivity contribution in [2.45, 2.75) is 25.7 Å². The minimum Gasteiger partial charge on any atom is -0.478 e. The Balaban J connectivity index is 2.56. The van der Waals surface area contributed by atoms with E-state index in [1.165, 1.54) is 18.2 Å². The van der Waals surface area contributed by atoms with Crippen LogP contribution in [0.5, 0.6) is 0 Å². The number of nitrogens with one attached hydrogen (secondary N) is 1. The number of nitrogens with two attached hydrogens (primary N) is 1. The van der Waals surface area contributed by atoms with Gasteiger partial charge in [-0.25, -0.2) is 4.79 Å². The number of carboxylic acid groups (broad SMARTS) is 1. The summed E-state index contributed by atoms with van der Waals surface area (Å²) in [5.74, 6) is -1.24. The molecule has 104 valence electrons. The number of anilines is 1. The quantitative estimate of drug-likeness (QED) is 0.671. The van der Waals surface area contributed by atoms with Gasteiger partial charge in [-0.2, -0.15) is 0 Å². The van der Waals surface area contributed by atoms with Gasteiger partial charge >= 0.3 is 5.97 Å². The van der Waals surface area contributed by atoms with Gasteiger partial charge in [0, 0.05) is 17.1 Å². The Bertz CT molecular complexity index is 463. The third-order valence-corrected chi connectivity index (χ3v) is 2.75. The molecule has 1 aromatic carbocycles. The summed E-state index contributed by atoms with van der Waals surface area (Å²) in [4.78, 5) is 22.5. The molecule has 1 amide bonds. The van der Waals surface area contributed by atoms with E-state index in [0.717, 1.165) is 19.3 Å². The second kappa shape index (κ2) is 7.76. The predicted octanol–water partition coefficient (Wildman–Crippen LogP) is 2.50. The first-order chi connectivity index (χ1) is 9.02. The molecule has 0 unspecified atom stereocenters. The Morgan fingerprint density at radius 1 is 1.21 bits per heavy atom. The summed E-state index contributed by atoms with van der Waals surface area (Å²) < 4.78 is 0. The second-order valence-electron chi connectivity index (χ2n) is 4.18. The fourth-order valence-corrected chi connectivity index (χ4v) is 1.85. The Morgan fingerprint density at radius 3 is 2.58 bits per heavy atom. The molecule has 0 aliphatic heterocycles. The molecule has 0 saturated heterocycles. The Morgan fingerprint density at radius 2 is 1.95 bits per heavy atom. The van der Waals surface area contributed by atoms with E-state index in [2.05, 4.69) is 5.32 Å². The number of carbonyl (C=O) groups is 2. The van der Waals surface area contributed by atoms with Crippen molar-refractivity contribution in [1.82, 2.24) is 0 Å². The number of hydrogen-bond donors (Lipinski definition) is 3. The Kier molecular flexibility index (Phi) is 6.32. The van der Waals surface area contributed by atoms with E-state index in [9.17, 15) is 9.59 Å². The fourth-order valence-electron chi connectivity index (χ4n) is 1.62. The van der Waals surface area contributed by atoms with Crippen molar-refractivity contribution in [2.75, 3.05) is 11.9 Å². The number of halogens is 1. The molecule has 6 heteroatoms. The van der Waals surface area contributed by atoms with Crippen molar-refractivity contribution in [3.05, 3.63) is 28.8 Å². The average molecular weight is 285 g/mol. The molecule has 1 aromatic rings. The largest absolute Gasteiger partial charge is 0.478 e. The molecule has 0 aliphatic carbocycles. The Labute approximate surface area is 116 Å². The van der Waals surface area contributed by atoms with Crippen molar-refractivity contribution in [3.63, 3.8) is 0 Å². The van der Waals surface area contributed by atoms with Gasteiger partial charge in [0.25, 0.3) is 0 Å². The number of carboxylic acids is 1. The first kappa shape index (κ1) is 15.5. The zero-order valence-electron chi connectivity index (χ0n) is 10.5. The molecule has 1 rings (SSSR count). The van der Waals surface area contributed by atoms with Gasteiger partial charge in [0.15, 0.2) is 0 Å². The topological polar surface area (TPSA) is 92.4 Å². The third kappa shape index (κ3) is 5.72. The van der Waals surface area contributed by atoms with E-state index in [1.54, 1.807) is 0 Å². The summed E-state index contributed by atoms with van der Waals surface area (Å²) in [7, 11) is 0. The number of hydrogen-bond acceptors (Lipinski definition) is 3. The van der Waals surface area contributed by atoms with Crippen LogP contribution in [0.2, 0.25) is 5.02 Å². The van der Waals surface area contributed by atoms with Crippen LogP contribution in [0, 0.1) is 0 Å². The maximum Gasteiger partial charge on any atom is 0.335 e. The van der Waals surface area contributed by atoms with E-state index >= 15 is 0 Å². The van der Waals surface area contributed by atoms with Crippen molar-refractivity contribution >= 4 is 29.2 Å². The van der Waals surface area contributed by atoms with Crippen molar-refractivity contribution in [1.29, 1.82) is 0 Å². The zero-order chi connectivity index (χ0) is 14.3. The summed E-state index contributed by atoms with van der Waals surface area (Å²) >= 11 is 5.79. The highest BCUT2D eigenvalue weighted by Crippen LogP contribution is 2.19. The smallest absolute Gasteiger partial charge is 0.335 e. The van der Waals surface area contributed by atoms with E-state index in [1.807, 2.05) is 0 Å². The molecule has 0 heterocycles. The number of amides is 1. The highest BCUT2D eigenvalue weighted by molar-refractivity contribution is 6.31. The lowest BCUT2D eigenvalue weighted by Gasteiger charge is -2.07. The van der Waals surface area contributed by atoms with Crippen molar-refractivity contribution in [3.8, 4) is 0 Å². The summed E-state index contributed by atoms with van der Waals surface area (Å²) in [6, 6.07) is 4.23. The number of unbranched alkanes of at least 4 members (excludes halogenated alkanes) is 2. The van der Waals surface area contributed by atoms with Crippen molar-refractivity contribution in [2.24, 2.45) is 5.73 Å². The van der Waals surface area contributed by atoms with Crippen LogP contribution in [0.3, 0.4) is 0 Å². The minimum atomic E-state index is -1.08. The van der Waals surface area contributed by atoms with Gasteiger partial charge in [-0.15, -0.1) is 0 Å². The molecule has 0 spiro atoms. The number of rotatable bonds is 7. The standard InChI is InChI=1S/C13H17ClN2O3/c14-10-6-9(13(18)19)7-11(8-10)16-12(17)4-2-1-3-5-15/h6-8H,1-5,15H2,(H,16,17)(H,18,19). The van der Waals surface area contributed by atoms with Gasteiger partial charge in [0.2, 0.25) is 5.91 Å². The molecular weight excluding hydrogens is 268 g/mol. The van der Waals surface area contributed by atoms with Gasteiger partial charge in [-0.1, -0.05) is 18.0 Å². The minimum absolute atomic E-state index is 0.0472. The van der Waals surface area contributed by atoms with E-state index in [4.69, 9.17) is 22.4 Å². The predicted molar refractivity (Wildman–Crippen MR) is 74.6 cm³/mol. The molecule has 0 saturated carbocycles. The molecule has 4 N–H and O–H groups in total. The molecule has 0 atom stereocenters. The maximum absolute atomic E-state index is 11.6. The molecular formula is C13H17ClN2O3. The fraction of sp³-hybridized carbons (Fsp3) is 0.385. The second-order valence-corrected chi connectivity index (χ2v) is 4.62. The monoisotopic (exact) mass is 284 g/mol. The average Bonchev–Trinajstić information content (AvgIpc) is 2.34. The maximum atomic E-state index is 11.6. The van der Waals surface area contributed by atoms with Crippen LogP contribution in [-0.2, 0) is 4.79 Å². The van der Waals surface area contributed by atoms with Gasteiger partial charge in [-0.05, 0) is 37.6 Å². The molecule has 0 aromatic heterocycles. The van der Waals surface area contributed by atoms with Crippen LogP contribution in [0.25, 0.3) is 0 Å². The van der Waals surface area contributed by atoms with E-state index in [-0.39, 0.29) is 16.5 Å². The molecule has 0 bridgehead atoms. The summed E-state index contributed by atoms with van der Waals surface area (Å²) in [5.41, 5.74) is 5.80. The normalized spacial score (nSPS) is 10.2. The van der Waals surface area contributed by atoms with Gasteiger partial charge < -0.3 is 16.2 Å². The Hall–Kier alpha value is -1.59. The van der Waals surface area contributed by atoms with Gasteiger partial charge in [0.1, 0.15) is 0 Å². The van der Waals surface area contributed by atoms with Crippen LogP contribution in [0.15, 0.2) is 18.2 Å². The molecule has 0 fully saturated rings. The molecule has 0 radical (unpaired) electrons. The summed E-state index contributed by atoms with van der Waals surface area (Å²) in [6.07, 6.45) is 2.94. The lowest BCUT2D eigenvalue weighted by Crippen LogP contribution is -2.12. The zero-order valence-corrected chi connectivity index (χ0v) is 11.2. The molecule has 19 heavy (non-hydrogen) atoms. The lowest BCUT2D eigenvalue weighted by atomic mass is 10.1. The SMILES string of the molecule is NCCCCCC(=O)Nc1cc(Cl)cc(C(=O)O)c1. The highest BCUT2D eigenvalue weighted by Gasteiger charge is 2.08. The molecule has 5 nitrogen and oxygen atoms in total. The van der Waals surface area contributed by atoms with E-state index < -0.39 is 5.97 Å². The number of aromatic carboxylic acids is 1. The van der Waals surface area contributed by atoms with Crippen LogP contribution in [-0.4, -0.2) is 23.5 Å². The highest BCUT2D eigenvalue weighted by atomic mass is 35.5. The first-order valence-corrected chi connectivity index (χ1v) is 6.44. The van der Waals surface area contributed by atoms with Crippen molar-refractivity contribution < 1.29 is 14.7 Å². The van der Waals surface area contributed by atoms with Crippen LogP contribution >= 0.6 is 11.6 Å². The molecule has 0 aliphatic rings. The van der Waals surface area contributed by atoms with E-state index in [0.29, 0.717) is 18.7 Å². The van der Waals surface area contributed by atoms with Crippen LogP contribution < -0.4 is 11.1 Å². The third-order valence-electron chi connectivity index (χ3n) is 2.54. The number of benzene rings is 1.